The molecule has 0 atom stereocenters. The Morgan fingerprint density at radius 3 is 2.50 bits per heavy atom. The molecule has 0 saturated heterocycles. The molecular formula is C23H25F3N4O4S2. The summed E-state index contributed by atoms with van der Waals surface area (Å²) in [4.78, 5) is 16.7. The molecule has 1 heterocycles. The molecule has 1 aromatic heterocycles. The molecule has 0 fully saturated rings. The van der Waals surface area contributed by atoms with Crippen LogP contribution in [0.15, 0.2) is 53.6 Å². The molecular weight excluding hydrogens is 517 g/mol. The van der Waals surface area contributed by atoms with Crippen LogP contribution in [0.4, 0.5) is 24.0 Å². The zero-order valence-electron chi connectivity index (χ0n) is 19.3. The molecule has 0 aliphatic rings. The molecule has 0 bridgehead atoms. The summed E-state index contributed by atoms with van der Waals surface area (Å²) in [6.07, 6.45) is -0.828. The normalized spacial score (nSPS) is 11.8. The highest BCUT2D eigenvalue weighted by Gasteiger charge is 2.34. The number of amides is 1. The van der Waals surface area contributed by atoms with E-state index in [2.05, 4.69) is 15.6 Å². The number of carbonyl (C=O) groups is 1. The predicted molar refractivity (Wildman–Crippen MR) is 131 cm³/mol. The van der Waals surface area contributed by atoms with E-state index in [1.807, 2.05) is 6.92 Å². The van der Waals surface area contributed by atoms with E-state index in [0.29, 0.717) is 12.0 Å². The Labute approximate surface area is 210 Å². The minimum Gasteiger partial charge on any atom is -0.493 e. The summed E-state index contributed by atoms with van der Waals surface area (Å²) in [7, 11) is -3.81. The number of nitrogens with one attached hydrogen (secondary N) is 2. The van der Waals surface area contributed by atoms with Gasteiger partial charge in [-0.1, -0.05) is 43.2 Å². The number of hydrogen-bond donors (Lipinski definition) is 3. The van der Waals surface area contributed by atoms with Gasteiger partial charge >= 0.3 is 6.18 Å². The minimum atomic E-state index is -4.60. The third kappa shape index (κ3) is 7.67. The molecule has 8 nitrogen and oxygen atoms in total. The SMILES string of the molecule is CCCCCOc1ccc(Nc2ncc(C(=O)NCc3ccc(S(N)(=O)=O)cc3)s2)cc1C(F)(F)F. The second-order valence-corrected chi connectivity index (χ2v) is 10.4. The van der Waals surface area contributed by atoms with Crippen LogP contribution in [0, 0.1) is 0 Å². The smallest absolute Gasteiger partial charge is 0.420 e. The van der Waals surface area contributed by atoms with Crippen molar-refractivity contribution in [2.45, 2.75) is 43.8 Å². The third-order valence-corrected chi connectivity index (χ3v) is 6.82. The Balaban J connectivity index is 1.63. The number of aromatic nitrogens is 1. The Hall–Kier alpha value is -3.16. The first-order valence-electron chi connectivity index (χ1n) is 10.9. The maximum Gasteiger partial charge on any atom is 0.420 e. The lowest BCUT2D eigenvalue weighted by Crippen LogP contribution is -2.21. The van der Waals surface area contributed by atoms with Crippen LogP contribution >= 0.6 is 11.3 Å². The molecule has 3 aromatic rings. The number of halogens is 3. The highest BCUT2D eigenvalue weighted by atomic mass is 32.2. The topological polar surface area (TPSA) is 123 Å². The lowest BCUT2D eigenvalue weighted by molar-refractivity contribution is -0.138. The highest BCUT2D eigenvalue weighted by Crippen LogP contribution is 2.38. The van der Waals surface area contributed by atoms with E-state index in [0.717, 1.165) is 30.2 Å². The molecule has 3 rings (SSSR count). The lowest BCUT2D eigenvalue weighted by Gasteiger charge is -2.15. The molecule has 2 aromatic carbocycles. The fraction of sp³-hybridized carbons (Fsp3) is 0.304. The summed E-state index contributed by atoms with van der Waals surface area (Å²) >= 11 is 0.971. The average Bonchev–Trinajstić information content (AvgIpc) is 3.28. The predicted octanol–water partition coefficient (Wildman–Crippen LogP) is 5.05. The van der Waals surface area contributed by atoms with Crippen LogP contribution in [0.1, 0.15) is 47.0 Å². The van der Waals surface area contributed by atoms with Crippen LogP contribution in [0.5, 0.6) is 5.75 Å². The van der Waals surface area contributed by atoms with Gasteiger partial charge < -0.3 is 15.4 Å². The molecule has 13 heteroatoms. The Kier molecular flexibility index (Phi) is 8.93. The van der Waals surface area contributed by atoms with Crippen molar-refractivity contribution in [2.75, 3.05) is 11.9 Å². The summed E-state index contributed by atoms with van der Waals surface area (Å²) in [5.41, 5.74) is -0.0956. The number of rotatable bonds is 11. The monoisotopic (exact) mass is 542 g/mol. The van der Waals surface area contributed by atoms with Gasteiger partial charge in [0.1, 0.15) is 10.6 Å². The van der Waals surface area contributed by atoms with Gasteiger partial charge in [0.05, 0.1) is 23.3 Å². The molecule has 36 heavy (non-hydrogen) atoms. The van der Waals surface area contributed by atoms with Crippen molar-refractivity contribution in [1.29, 1.82) is 0 Å². The number of hydrogen-bond acceptors (Lipinski definition) is 7. The Morgan fingerprint density at radius 1 is 1.14 bits per heavy atom. The summed E-state index contributed by atoms with van der Waals surface area (Å²) in [5.74, 6) is -0.677. The van der Waals surface area contributed by atoms with Crippen LogP contribution < -0.4 is 20.5 Å². The Bertz CT molecular complexity index is 1290. The van der Waals surface area contributed by atoms with Gasteiger partial charge in [-0.05, 0) is 42.3 Å². The Morgan fingerprint density at radius 2 is 1.86 bits per heavy atom. The van der Waals surface area contributed by atoms with Gasteiger partial charge in [-0.2, -0.15) is 13.2 Å². The van der Waals surface area contributed by atoms with E-state index < -0.39 is 27.7 Å². The molecule has 0 aliphatic heterocycles. The quantitative estimate of drug-likeness (QED) is 0.291. The summed E-state index contributed by atoms with van der Waals surface area (Å²) in [6, 6.07) is 9.38. The van der Waals surface area contributed by atoms with E-state index in [9.17, 15) is 26.4 Å². The van der Waals surface area contributed by atoms with Crippen LogP contribution in [0.25, 0.3) is 0 Å². The second-order valence-electron chi connectivity index (χ2n) is 7.79. The van der Waals surface area contributed by atoms with Crippen molar-refractivity contribution in [3.63, 3.8) is 0 Å². The van der Waals surface area contributed by atoms with Gasteiger partial charge in [0.15, 0.2) is 5.13 Å². The van der Waals surface area contributed by atoms with Crippen molar-refractivity contribution in [1.82, 2.24) is 10.3 Å². The van der Waals surface area contributed by atoms with Gasteiger partial charge in [-0.3, -0.25) is 4.79 Å². The largest absolute Gasteiger partial charge is 0.493 e. The zero-order valence-corrected chi connectivity index (χ0v) is 20.9. The molecule has 0 spiro atoms. The maximum absolute atomic E-state index is 13.5. The van der Waals surface area contributed by atoms with Gasteiger partial charge in [-0.15, -0.1) is 0 Å². The fourth-order valence-corrected chi connectivity index (χ4v) is 4.38. The van der Waals surface area contributed by atoms with Crippen LogP contribution in [0.2, 0.25) is 0 Å². The molecule has 0 aliphatic carbocycles. The number of thiazole rings is 1. The number of primary sulfonamides is 1. The second kappa shape index (κ2) is 11.7. The fourth-order valence-electron chi connectivity index (χ4n) is 3.12. The molecule has 194 valence electrons. The van der Waals surface area contributed by atoms with Crippen LogP contribution in [0.3, 0.4) is 0 Å². The molecule has 4 N–H and O–H groups in total. The number of ether oxygens (including phenoxy) is 1. The van der Waals surface area contributed by atoms with E-state index in [4.69, 9.17) is 9.88 Å². The van der Waals surface area contributed by atoms with Crippen molar-refractivity contribution in [2.24, 2.45) is 5.14 Å². The third-order valence-electron chi connectivity index (χ3n) is 4.98. The van der Waals surface area contributed by atoms with Crippen molar-refractivity contribution in [3.8, 4) is 5.75 Å². The number of benzene rings is 2. The molecule has 0 unspecified atom stereocenters. The molecule has 0 radical (unpaired) electrons. The van der Waals surface area contributed by atoms with E-state index in [-0.39, 0.29) is 39.5 Å². The van der Waals surface area contributed by atoms with Crippen molar-refractivity contribution >= 4 is 38.1 Å². The highest BCUT2D eigenvalue weighted by molar-refractivity contribution is 7.89. The number of alkyl halides is 3. The number of sulfonamides is 1. The van der Waals surface area contributed by atoms with Crippen molar-refractivity contribution < 1.29 is 31.1 Å². The van der Waals surface area contributed by atoms with Gasteiger partial charge in [-0.25, -0.2) is 18.5 Å². The van der Waals surface area contributed by atoms with Crippen LogP contribution in [-0.4, -0.2) is 25.9 Å². The number of unbranched alkanes of at least 4 members (excludes halogenated alkanes) is 2. The first-order valence-corrected chi connectivity index (χ1v) is 13.3. The number of anilines is 2. The summed E-state index contributed by atoms with van der Waals surface area (Å²) in [6.45, 7) is 2.32. The number of carbonyl (C=O) groups excluding carboxylic acids is 1. The van der Waals surface area contributed by atoms with Crippen LogP contribution in [-0.2, 0) is 22.7 Å². The number of nitrogens with zero attached hydrogens (tertiary/aromatic N) is 1. The van der Waals surface area contributed by atoms with Gasteiger partial charge in [0.2, 0.25) is 10.0 Å². The van der Waals surface area contributed by atoms with E-state index in [1.165, 1.54) is 42.6 Å². The van der Waals surface area contributed by atoms with Gasteiger partial charge in [0, 0.05) is 12.2 Å². The molecule has 0 saturated carbocycles. The lowest BCUT2D eigenvalue weighted by atomic mass is 10.1. The van der Waals surface area contributed by atoms with Gasteiger partial charge in [0.25, 0.3) is 5.91 Å². The van der Waals surface area contributed by atoms with E-state index >= 15 is 0 Å². The summed E-state index contributed by atoms with van der Waals surface area (Å²) < 4.78 is 68.6. The number of nitrogens with two attached hydrogens (primary N) is 1. The maximum atomic E-state index is 13.5. The zero-order chi connectivity index (χ0) is 26.3. The molecule has 1 amide bonds. The minimum absolute atomic E-state index is 0.0412. The standard InChI is InChI=1S/C23H25F3N4O4S2/c1-2-3-4-11-34-19-10-7-16(12-18(19)23(24,25)26)30-22-29-14-20(35-22)21(31)28-13-15-5-8-17(9-6-15)36(27,32)33/h5-10,12,14H,2-4,11,13H2,1H3,(H,28,31)(H,29,30)(H2,27,32,33). The first kappa shape index (κ1) is 27.4. The average molecular weight is 543 g/mol. The van der Waals surface area contributed by atoms with E-state index in [1.54, 1.807) is 0 Å². The van der Waals surface area contributed by atoms with Crippen molar-refractivity contribution in [3.05, 3.63) is 64.7 Å². The summed E-state index contributed by atoms with van der Waals surface area (Å²) in [5, 5.41) is 10.8. The first-order chi connectivity index (χ1) is 17.0.